The molecule has 116 valence electrons. The molecule has 1 aliphatic rings. The van der Waals surface area contributed by atoms with E-state index in [-0.39, 0.29) is 4.90 Å². The monoisotopic (exact) mass is 325 g/mol. The molecule has 0 atom stereocenters. The van der Waals surface area contributed by atoms with E-state index in [4.69, 9.17) is 5.26 Å². The van der Waals surface area contributed by atoms with Crippen molar-refractivity contribution in [2.24, 2.45) is 4.40 Å². The summed E-state index contributed by atoms with van der Waals surface area (Å²) in [5.41, 5.74) is 1.46. The Labute approximate surface area is 135 Å². The fraction of sp³-hybridized carbons (Fsp3) is 0.176. The van der Waals surface area contributed by atoms with Crippen LogP contribution in [-0.2, 0) is 10.0 Å². The van der Waals surface area contributed by atoms with Gasteiger partial charge in [0, 0.05) is 24.2 Å². The van der Waals surface area contributed by atoms with E-state index in [1.54, 1.807) is 24.3 Å². The molecular weight excluding hydrogens is 310 g/mol. The first-order valence-corrected chi connectivity index (χ1v) is 8.71. The van der Waals surface area contributed by atoms with Gasteiger partial charge in [0.15, 0.2) is 5.84 Å². The van der Waals surface area contributed by atoms with Gasteiger partial charge < -0.3 is 4.90 Å². The molecule has 0 saturated carbocycles. The van der Waals surface area contributed by atoms with Gasteiger partial charge in [0.2, 0.25) is 0 Å². The second-order valence-electron chi connectivity index (χ2n) is 5.13. The maximum Gasteiger partial charge on any atom is 0.285 e. The van der Waals surface area contributed by atoms with Crippen LogP contribution in [-0.4, -0.2) is 20.8 Å². The lowest BCUT2D eigenvalue weighted by Crippen LogP contribution is -2.31. The number of sulfonamides is 1. The Morgan fingerprint density at radius 1 is 1.04 bits per heavy atom. The van der Waals surface area contributed by atoms with Crippen LogP contribution in [0.2, 0.25) is 0 Å². The lowest BCUT2D eigenvalue weighted by molar-refractivity contribution is 0.599. The van der Waals surface area contributed by atoms with Crippen molar-refractivity contribution >= 4 is 21.5 Å². The number of nitrogens with zero attached hydrogens (tertiary/aromatic N) is 3. The predicted octanol–water partition coefficient (Wildman–Crippen LogP) is 2.95. The highest BCUT2D eigenvalue weighted by atomic mass is 32.2. The van der Waals surface area contributed by atoms with Crippen molar-refractivity contribution in [2.75, 3.05) is 11.4 Å². The number of benzene rings is 2. The Kier molecular flexibility index (Phi) is 4.13. The molecule has 0 N–H and O–H groups in total. The second-order valence-corrected chi connectivity index (χ2v) is 6.71. The molecule has 2 aromatic carbocycles. The van der Waals surface area contributed by atoms with Crippen molar-refractivity contribution in [1.29, 1.82) is 5.26 Å². The summed E-state index contributed by atoms with van der Waals surface area (Å²) in [6.07, 6.45) is 1.04. The van der Waals surface area contributed by atoms with Gasteiger partial charge in [0.1, 0.15) is 4.90 Å². The Morgan fingerprint density at radius 3 is 2.48 bits per heavy atom. The summed E-state index contributed by atoms with van der Waals surface area (Å²) >= 11 is 0. The van der Waals surface area contributed by atoms with E-state index in [1.807, 2.05) is 35.2 Å². The highest BCUT2D eigenvalue weighted by Crippen LogP contribution is 2.30. The molecule has 0 saturated heterocycles. The Bertz CT molecular complexity index is 884. The molecular formula is C17H15N3O2S. The van der Waals surface area contributed by atoms with Crippen LogP contribution in [0, 0.1) is 11.3 Å². The van der Waals surface area contributed by atoms with Crippen LogP contribution in [0.25, 0.3) is 0 Å². The standard InChI is InChI=1S/C17H15N3O2S/c18-12-6-7-13-20(14-8-2-1-3-9-14)17-15-10-4-5-11-16(15)23(21,22)19-17/h1-5,8-11H,6-7,13H2. The molecule has 5 nitrogen and oxygen atoms in total. The van der Waals surface area contributed by atoms with Crippen molar-refractivity contribution in [3.05, 3.63) is 60.2 Å². The van der Waals surface area contributed by atoms with Gasteiger partial charge in [-0.2, -0.15) is 13.7 Å². The number of hydrogen-bond donors (Lipinski definition) is 0. The van der Waals surface area contributed by atoms with E-state index in [0.717, 1.165) is 5.69 Å². The van der Waals surface area contributed by atoms with Crippen LogP contribution in [0.3, 0.4) is 0 Å². The largest absolute Gasteiger partial charge is 0.325 e. The van der Waals surface area contributed by atoms with Crippen molar-refractivity contribution in [1.82, 2.24) is 0 Å². The van der Waals surface area contributed by atoms with Gasteiger partial charge in [0.05, 0.1) is 6.07 Å². The number of fused-ring (bicyclic) bond motifs is 1. The maximum atomic E-state index is 12.3. The van der Waals surface area contributed by atoms with Gasteiger partial charge in [-0.15, -0.1) is 4.40 Å². The average molecular weight is 325 g/mol. The number of para-hydroxylation sites is 1. The van der Waals surface area contributed by atoms with Crippen LogP contribution in [0.4, 0.5) is 5.69 Å². The highest BCUT2D eigenvalue weighted by molar-refractivity contribution is 7.90. The third kappa shape index (κ3) is 2.96. The van der Waals surface area contributed by atoms with E-state index in [2.05, 4.69) is 10.5 Å². The molecule has 23 heavy (non-hydrogen) atoms. The third-order valence-corrected chi connectivity index (χ3v) is 4.93. The highest BCUT2D eigenvalue weighted by Gasteiger charge is 2.31. The van der Waals surface area contributed by atoms with Crippen molar-refractivity contribution < 1.29 is 8.42 Å². The fourth-order valence-corrected chi connectivity index (χ4v) is 3.78. The van der Waals surface area contributed by atoms with E-state index in [0.29, 0.717) is 30.8 Å². The molecule has 1 aliphatic heterocycles. The van der Waals surface area contributed by atoms with Crippen LogP contribution >= 0.6 is 0 Å². The predicted molar refractivity (Wildman–Crippen MR) is 88.8 cm³/mol. The molecule has 3 rings (SSSR count). The fourth-order valence-electron chi connectivity index (χ4n) is 2.56. The van der Waals surface area contributed by atoms with Gasteiger partial charge in [-0.1, -0.05) is 30.3 Å². The first-order chi connectivity index (χ1) is 11.1. The summed E-state index contributed by atoms with van der Waals surface area (Å²) in [5, 5.41) is 8.76. The smallest absolute Gasteiger partial charge is 0.285 e. The first kappa shape index (κ1) is 15.3. The van der Waals surface area contributed by atoms with Crippen molar-refractivity contribution in [2.45, 2.75) is 17.7 Å². The Hall–Kier alpha value is -2.65. The molecule has 0 fully saturated rings. The van der Waals surface area contributed by atoms with Crippen molar-refractivity contribution in [3.63, 3.8) is 0 Å². The number of rotatable bonds is 4. The van der Waals surface area contributed by atoms with Gasteiger partial charge in [-0.05, 0) is 30.7 Å². The minimum Gasteiger partial charge on any atom is -0.325 e. The summed E-state index contributed by atoms with van der Waals surface area (Å²) < 4.78 is 28.5. The van der Waals surface area contributed by atoms with Crippen LogP contribution in [0.15, 0.2) is 63.9 Å². The molecule has 0 bridgehead atoms. The quantitative estimate of drug-likeness (QED) is 0.810. The normalized spacial score (nSPS) is 14.7. The van der Waals surface area contributed by atoms with Gasteiger partial charge in [0.25, 0.3) is 10.0 Å². The van der Waals surface area contributed by atoms with E-state index in [9.17, 15) is 8.42 Å². The van der Waals surface area contributed by atoms with Crippen LogP contribution < -0.4 is 4.90 Å². The third-order valence-electron chi connectivity index (χ3n) is 3.61. The molecule has 0 unspecified atom stereocenters. The summed E-state index contributed by atoms with van der Waals surface area (Å²) in [6.45, 7) is 0.528. The van der Waals surface area contributed by atoms with Crippen LogP contribution in [0.5, 0.6) is 0 Å². The average Bonchev–Trinajstić information content (AvgIpc) is 2.84. The molecule has 0 aromatic heterocycles. The minimum atomic E-state index is -3.66. The first-order valence-electron chi connectivity index (χ1n) is 7.27. The lowest BCUT2D eigenvalue weighted by Gasteiger charge is -2.24. The SMILES string of the molecule is N#CCCCN(C1=NS(=O)(=O)c2ccccc21)c1ccccc1. The van der Waals surface area contributed by atoms with Gasteiger partial charge in [-0.3, -0.25) is 0 Å². The lowest BCUT2D eigenvalue weighted by atomic mass is 10.1. The number of unbranched alkanes of at least 4 members (excludes halogenated alkanes) is 1. The van der Waals surface area contributed by atoms with E-state index in [1.165, 1.54) is 0 Å². The molecule has 0 radical (unpaired) electrons. The zero-order valence-corrected chi connectivity index (χ0v) is 13.2. The molecule has 2 aromatic rings. The van der Waals surface area contributed by atoms with E-state index < -0.39 is 10.0 Å². The van der Waals surface area contributed by atoms with Crippen LogP contribution in [0.1, 0.15) is 18.4 Å². The molecule has 0 amide bonds. The van der Waals surface area contributed by atoms with Gasteiger partial charge in [-0.25, -0.2) is 0 Å². The summed E-state index contributed by atoms with van der Waals surface area (Å²) in [4.78, 5) is 2.09. The maximum absolute atomic E-state index is 12.3. The zero-order valence-electron chi connectivity index (χ0n) is 12.4. The summed E-state index contributed by atoms with van der Waals surface area (Å²) in [7, 11) is -3.66. The molecule has 0 spiro atoms. The topological polar surface area (TPSA) is 73.5 Å². The molecule has 0 aliphatic carbocycles. The van der Waals surface area contributed by atoms with Gasteiger partial charge >= 0.3 is 0 Å². The number of hydrogen-bond acceptors (Lipinski definition) is 4. The minimum absolute atomic E-state index is 0.233. The molecule has 6 heteroatoms. The van der Waals surface area contributed by atoms with Crippen molar-refractivity contribution in [3.8, 4) is 6.07 Å². The Morgan fingerprint density at radius 2 is 1.74 bits per heavy atom. The second kappa shape index (κ2) is 6.23. The number of nitriles is 1. The Balaban J connectivity index is 2.06. The summed E-state index contributed by atoms with van der Waals surface area (Å²) in [5.74, 6) is 0.421. The summed E-state index contributed by atoms with van der Waals surface area (Å²) in [6, 6.07) is 18.4. The number of amidine groups is 1. The zero-order chi connectivity index (χ0) is 16.3. The number of anilines is 1. The van der Waals surface area contributed by atoms with E-state index >= 15 is 0 Å². The molecule has 1 heterocycles.